The van der Waals surface area contributed by atoms with Gasteiger partial charge in [-0.15, -0.1) is 0 Å². The van der Waals surface area contributed by atoms with E-state index >= 15 is 0 Å². The number of nitro groups is 1. The third-order valence-corrected chi connectivity index (χ3v) is 2.35. The maximum atomic E-state index is 11.9. The Morgan fingerprint density at radius 3 is 2.84 bits per heavy atom. The first-order valence-corrected chi connectivity index (χ1v) is 5.71. The standard InChI is InChI=1S/C11H16N4O4/c1-2-19-6-5-13-11(16)9-7-8(15(17)18)3-4-10(9)14-12/h3-4,7,14H,2,5-6,12H2,1H3,(H,13,16). The Labute approximate surface area is 110 Å². The van der Waals surface area contributed by atoms with Crippen molar-refractivity contribution in [3.63, 3.8) is 0 Å². The predicted molar refractivity (Wildman–Crippen MR) is 69.7 cm³/mol. The van der Waals surface area contributed by atoms with E-state index in [-0.39, 0.29) is 11.3 Å². The van der Waals surface area contributed by atoms with E-state index in [4.69, 9.17) is 10.6 Å². The number of hydrogen-bond acceptors (Lipinski definition) is 6. The molecule has 0 aromatic heterocycles. The summed E-state index contributed by atoms with van der Waals surface area (Å²) in [5.41, 5.74) is 2.59. The van der Waals surface area contributed by atoms with E-state index in [2.05, 4.69) is 10.7 Å². The Bertz CT molecular complexity index is 464. The van der Waals surface area contributed by atoms with Crippen molar-refractivity contribution in [2.24, 2.45) is 5.84 Å². The van der Waals surface area contributed by atoms with Crippen LogP contribution >= 0.6 is 0 Å². The molecule has 1 aromatic rings. The lowest BCUT2D eigenvalue weighted by Crippen LogP contribution is -2.28. The fourth-order valence-electron chi connectivity index (χ4n) is 1.44. The highest BCUT2D eigenvalue weighted by Gasteiger charge is 2.15. The Morgan fingerprint density at radius 2 is 2.26 bits per heavy atom. The van der Waals surface area contributed by atoms with Crippen LogP contribution in [-0.2, 0) is 4.74 Å². The van der Waals surface area contributed by atoms with Crippen LogP contribution in [-0.4, -0.2) is 30.6 Å². The number of carbonyl (C=O) groups excluding carboxylic acids is 1. The Kier molecular flexibility index (Phi) is 5.71. The van der Waals surface area contributed by atoms with Crippen molar-refractivity contribution >= 4 is 17.3 Å². The molecular formula is C11H16N4O4. The molecule has 0 aliphatic carbocycles. The molecule has 1 amide bonds. The van der Waals surface area contributed by atoms with Gasteiger partial charge in [-0.25, -0.2) is 0 Å². The van der Waals surface area contributed by atoms with Gasteiger partial charge in [0.05, 0.1) is 22.8 Å². The zero-order valence-corrected chi connectivity index (χ0v) is 10.5. The fraction of sp³-hybridized carbons (Fsp3) is 0.364. The highest BCUT2D eigenvalue weighted by Crippen LogP contribution is 2.21. The molecule has 0 aliphatic rings. The van der Waals surface area contributed by atoms with Gasteiger partial charge in [0.15, 0.2) is 0 Å². The minimum Gasteiger partial charge on any atom is -0.380 e. The summed E-state index contributed by atoms with van der Waals surface area (Å²) in [4.78, 5) is 22.0. The molecule has 0 saturated heterocycles. The molecule has 0 heterocycles. The van der Waals surface area contributed by atoms with Crippen molar-refractivity contribution in [2.75, 3.05) is 25.2 Å². The number of hydrogen-bond donors (Lipinski definition) is 3. The second kappa shape index (κ2) is 7.29. The van der Waals surface area contributed by atoms with Crippen LogP contribution in [0.3, 0.4) is 0 Å². The van der Waals surface area contributed by atoms with Crippen LogP contribution in [0.2, 0.25) is 0 Å². The lowest BCUT2D eigenvalue weighted by atomic mass is 10.1. The van der Waals surface area contributed by atoms with E-state index < -0.39 is 10.8 Å². The van der Waals surface area contributed by atoms with E-state index in [0.29, 0.717) is 25.4 Å². The maximum absolute atomic E-state index is 11.9. The highest BCUT2D eigenvalue weighted by atomic mass is 16.6. The molecule has 0 unspecified atom stereocenters. The summed E-state index contributed by atoms with van der Waals surface area (Å²) in [6.45, 7) is 3.10. The Hall–Kier alpha value is -2.19. The van der Waals surface area contributed by atoms with Crippen molar-refractivity contribution in [1.29, 1.82) is 0 Å². The first-order valence-electron chi connectivity index (χ1n) is 5.71. The van der Waals surface area contributed by atoms with Gasteiger partial charge in [-0.05, 0) is 13.0 Å². The van der Waals surface area contributed by atoms with Gasteiger partial charge in [-0.3, -0.25) is 20.8 Å². The molecule has 19 heavy (non-hydrogen) atoms. The molecule has 1 aromatic carbocycles. The average Bonchev–Trinajstić information content (AvgIpc) is 2.42. The number of nitro benzene ring substituents is 1. The monoisotopic (exact) mass is 268 g/mol. The van der Waals surface area contributed by atoms with Crippen LogP contribution in [0.5, 0.6) is 0 Å². The van der Waals surface area contributed by atoms with Crippen LogP contribution in [0, 0.1) is 10.1 Å². The molecule has 0 aliphatic heterocycles. The zero-order valence-electron chi connectivity index (χ0n) is 10.5. The van der Waals surface area contributed by atoms with Gasteiger partial charge in [-0.2, -0.15) is 0 Å². The first-order chi connectivity index (χ1) is 9.10. The molecule has 0 saturated carbocycles. The van der Waals surface area contributed by atoms with Gasteiger partial charge in [0, 0.05) is 25.3 Å². The number of rotatable bonds is 7. The second-order valence-electron chi connectivity index (χ2n) is 3.58. The molecule has 1 rings (SSSR count). The molecule has 4 N–H and O–H groups in total. The van der Waals surface area contributed by atoms with E-state index in [1.165, 1.54) is 18.2 Å². The number of anilines is 1. The van der Waals surface area contributed by atoms with Gasteiger partial charge >= 0.3 is 0 Å². The molecule has 0 bridgehead atoms. The fourth-order valence-corrected chi connectivity index (χ4v) is 1.44. The van der Waals surface area contributed by atoms with Gasteiger partial charge in [-0.1, -0.05) is 0 Å². The van der Waals surface area contributed by atoms with Crippen molar-refractivity contribution in [1.82, 2.24) is 5.32 Å². The molecule has 8 heteroatoms. The van der Waals surface area contributed by atoms with Crippen LogP contribution in [0.25, 0.3) is 0 Å². The number of carbonyl (C=O) groups is 1. The lowest BCUT2D eigenvalue weighted by molar-refractivity contribution is -0.384. The van der Waals surface area contributed by atoms with Crippen LogP contribution in [0.4, 0.5) is 11.4 Å². The van der Waals surface area contributed by atoms with Gasteiger partial charge in [0.2, 0.25) is 0 Å². The SMILES string of the molecule is CCOCCNC(=O)c1cc([N+](=O)[O-])ccc1NN. The summed E-state index contributed by atoms with van der Waals surface area (Å²) in [6, 6.07) is 3.83. The van der Waals surface area contributed by atoms with E-state index in [9.17, 15) is 14.9 Å². The summed E-state index contributed by atoms with van der Waals surface area (Å²) < 4.78 is 5.08. The summed E-state index contributed by atoms with van der Waals surface area (Å²) in [6.07, 6.45) is 0. The van der Waals surface area contributed by atoms with Crippen molar-refractivity contribution in [3.8, 4) is 0 Å². The topological polar surface area (TPSA) is 120 Å². The molecular weight excluding hydrogens is 252 g/mol. The van der Waals surface area contributed by atoms with Crippen molar-refractivity contribution < 1.29 is 14.5 Å². The van der Waals surface area contributed by atoms with Crippen LogP contribution in [0.15, 0.2) is 18.2 Å². The Morgan fingerprint density at radius 1 is 1.53 bits per heavy atom. The number of benzene rings is 1. The predicted octanol–water partition coefficient (Wildman–Crippen LogP) is 0.647. The molecule has 8 nitrogen and oxygen atoms in total. The third-order valence-electron chi connectivity index (χ3n) is 2.35. The largest absolute Gasteiger partial charge is 0.380 e. The number of nitrogens with two attached hydrogens (primary N) is 1. The molecule has 0 fully saturated rings. The molecule has 0 atom stereocenters. The summed E-state index contributed by atoms with van der Waals surface area (Å²) in [5.74, 6) is 4.82. The number of nitrogen functional groups attached to an aromatic ring is 1. The molecule has 0 radical (unpaired) electrons. The number of ether oxygens (including phenoxy) is 1. The van der Waals surface area contributed by atoms with Gasteiger partial charge < -0.3 is 15.5 Å². The normalized spacial score (nSPS) is 10.0. The smallest absolute Gasteiger partial charge is 0.270 e. The molecule has 104 valence electrons. The minimum atomic E-state index is -0.572. The quantitative estimate of drug-likeness (QED) is 0.289. The van der Waals surface area contributed by atoms with Gasteiger partial charge in [0.1, 0.15) is 0 Å². The summed E-state index contributed by atoms with van der Waals surface area (Å²) >= 11 is 0. The third kappa shape index (κ3) is 4.19. The van der Waals surface area contributed by atoms with Crippen molar-refractivity contribution in [3.05, 3.63) is 33.9 Å². The lowest BCUT2D eigenvalue weighted by Gasteiger charge is -2.09. The van der Waals surface area contributed by atoms with E-state index in [1.807, 2.05) is 6.92 Å². The van der Waals surface area contributed by atoms with Crippen LogP contribution < -0.4 is 16.6 Å². The number of nitrogens with one attached hydrogen (secondary N) is 2. The van der Waals surface area contributed by atoms with E-state index in [0.717, 1.165) is 0 Å². The number of non-ortho nitro benzene ring substituents is 1. The number of amides is 1. The molecule has 0 spiro atoms. The Balaban J connectivity index is 2.81. The number of hydrazine groups is 1. The highest BCUT2D eigenvalue weighted by molar-refractivity contribution is 6.00. The van der Waals surface area contributed by atoms with Crippen LogP contribution in [0.1, 0.15) is 17.3 Å². The summed E-state index contributed by atoms with van der Waals surface area (Å²) in [5, 5.41) is 13.3. The van der Waals surface area contributed by atoms with Gasteiger partial charge in [0.25, 0.3) is 11.6 Å². The zero-order chi connectivity index (χ0) is 14.3. The maximum Gasteiger partial charge on any atom is 0.270 e. The minimum absolute atomic E-state index is 0.119. The van der Waals surface area contributed by atoms with Crippen molar-refractivity contribution in [2.45, 2.75) is 6.92 Å². The average molecular weight is 268 g/mol. The summed E-state index contributed by atoms with van der Waals surface area (Å²) in [7, 11) is 0. The number of nitrogens with zero attached hydrogens (tertiary/aromatic N) is 1. The van der Waals surface area contributed by atoms with E-state index in [1.54, 1.807) is 0 Å². The second-order valence-corrected chi connectivity index (χ2v) is 3.58. The first kappa shape index (κ1) is 14.9.